The topological polar surface area (TPSA) is 492 Å². The standard InChI is InChI=1S/C23H29N5O4.C23H32N4O5.C17H21NO4.C7H11N3O2.C7H10N2O2.ClH/c1-13(2)7-14(23(31)28-19(22(24)30)9-15-11-25-12-26-15)8-20(29)18-10-16-17(27-18)5-4-6-21(16)32-3;1-15(2)8-16(9-19(28)13-25-17-6-5-7-20(10-17)31-3)22(29)27-21(23(30)32-4)11-18-12-24-14-26-18;1-10(2)7-11(17(20)21)8-15(19)14-9-12-13(18-14)5-4-6-16(12)22-3;1-12-7(11)6(8)2-5-3-9-4-10-5;1-5(7(10)11)2-6-3-8-4-9-6;/h4-6,10-14,19,27H,7-9H2,1-3H3,(H2,24,30)(H,25,26)(H,28,31);5-7,10,12,14-16,21,25H,8-9,11,13H2,1-4H3,(H,24,26)(H,27,29);4-6,9-11,18H,7-8H2,1-3H3,(H,20,21);3-4,6H,2,8H2,1H3,(H,9,10);3-5H,2H2,1H3,(H,8,9)(H,10,11);1H/t14-,19+;16-,21+;11-;6-;5-;/m11100./s1. The predicted molar refractivity (Wildman–Crippen MR) is 413 cm³/mol. The first-order chi connectivity index (χ1) is 51.9. The van der Waals surface area contributed by atoms with Crippen LogP contribution in [0.25, 0.3) is 21.8 Å². The van der Waals surface area contributed by atoms with Crippen LogP contribution < -0.4 is 41.6 Å². The molecule has 33 heteroatoms. The lowest BCUT2D eigenvalue weighted by Gasteiger charge is -2.22. The second-order valence-corrected chi connectivity index (χ2v) is 27.2. The molecule has 110 heavy (non-hydrogen) atoms. The van der Waals surface area contributed by atoms with E-state index in [0.717, 1.165) is 38.9 Å². The summed E-state index contributed by atoms with van der Waals surface area (Å²) in [7, 11) is 7.31. The van der Waals surface area contributed by atoms with Gasteiger partial charge in [0.15, 0.2) is 17.3 Å². The number of primary amides is 1. The van der Waals surface area contributed by atoms with E-state index in [4.69, 9.17) is 35.5 Å². The molecular weight excluding hydrogens is 1440 g/mol. The van der Waals surface area contributed by atoms with Crippen molar-refractivity contribution in [3.05, 3.63) is 157 Å². The number of nitrogens with one attached hydrogen (secondary N) is 9. The van der Waals surface area contributed by atoms with Crippen LogP contribution in [0.3, 0.4) is 0 Å². The van der Waals surface area contributed by atoms with Gasteiger partial charge in [-0.1, -0.05) is 66.7 Å². The smallest absolute Gasteiger partial charge is 0.328 e. The van der Waals surface area contributed by atoms with Gasteiger partial charge in [0.2, 0.25) is 17.7 Å². The number of carbonyl (C=O) groups excluding carboxylic acids is 8. The van der Waals surface area contributed by atoms with Crippen LogP contribution >= 0.6 is 12.4 Å². The van der Waals surface area contributed by atoms with Crippen molar-refractivity contribution in [2.45, 2.75) is 131 Å². The number of esters is 2. The number of ketones is 3. The second kappa shape index (κ2) is 46.5. The zero-order valence-corrected chi connectivity index (χ0v) is 64.8. The first kappa shape index (κ1) is 90.7. The summed E-state index contributed by atoms with van der Waals surface area (Å²) in [4.78, 5) is 154. The third kappa shape index (κ3) is 30.5. The number of carbonyl (C=O) groups is 10. The SMILES string of the molecule is COC(=O)[C@@H](N)Cc1cnc[nH]1.COC(=O)[C@H](Cc1cnc[nH]1)NC(=O)[C@@H](CC(=O)CNc1cccc(OC)c1)CC(C)C.COc1cccc2[nH]c(C(=O)C[C@@H](CC(C)C)C(=O)N[C@@H](Cc3cnc[nH]3)C(N)=O)cc12.COc1cccc2[nH]c(C(=O)C[C@@H](CC(C)C)C(=O)O)cc12.C[C@@H](Cc1cnc[nH]1)C(=O)O.Cl. The molecule has 7 atom stereocenters. The Bertz CT molecular complexity index is 4330. The Labute approximate surface area is 643 Å². The normalized spacial score (nSPS) is 12.7. The van der Waals surface area contributed by atoms with E-state index in [2.05, 4.69) is 70.5 Å². The van der Waals surface area contributed by atoms with Crippen molar-refractivity contribution in [3.63, 3.8) is 0 Å². The maximum absolute atomic E-state index is 13.0. The van der Waals surface area contributed by atoms with Crippen molar-refractivity contribution in [3.8, 4) is 17.2 Å². The Morgan fingerprint density at radius 3 is 1.32 bits per heavy atom. The molecule has 32 nitrogen and oxygen atoms in total. The fourth-order valence-corrected chi connectivity index (χ4v) is 11.5. The van der Waals surface area contributed by atoms with Crippen LogP contribution in [-0.4, -0.2) is 179 Å². The number of H-pyrrole nitrogens is 6. The van der Waals surface area contributed by atoms with Crippen LogP contribution in [0.5, 0.6) is 17.2 Å². The van der Waals surface area contributed by atoms with Crippen LogP contribution in [0.4, 0.5) is 5.69 Å². The van der Waals surface area contributed by atoms with E-state index in [9.17, 15) is 53.1 Å². The number of aromatic amines is 6. The van der Waals surface area contributed by atoms with Gasteiger partial charge in [0.1, 0.15) is 35.4 Å². The van der Waals surface area contributed by atoms with E-state index < -0.39 is 65.7 Å². The summed E-state index contributed by atoms with van der Waals surface area (Å²) in [5.74, 6) is -4.00. The number of nitrogens with zero attached hydrogens (tertiary/aromatic N) is 4. The highest BCUT2D eigenvalue weighted by Gasteiger charge is 2.31. The number of carboxylic acid groups (broad SMARTS) is 2. The molecule has 0 aliphatic heterocycles. The Hall–Kier alpha value is -11.7. The number of anilines is 1. The molecule has 0 saturated heterocycles. The molecule has 6 aromatic heterocycles. The number of methoxy groups -OCH3 is 5. The fourth-order valence-electron chi connectivity index (χ4n) is 11.5. The number of rotatable bonds is 37. The first-order valence-electron chi connectivity index (χ1n) is 35.4. The zero-order valence-electron chi connectivity index (χ0n) is 64.0. The lowest BCUT2D eigenvalue weighted by atomic mass is 9.90. The van der Waals surface area contributed by atoms with Crippen molar-refractivity contribution >= 4 is 98.8 Å². The van der Waals surface area contributed by atoms with E-state index in [0.29, 0.717) is 72.1 Å². The van der Waals surface area contributed by atoms with Crippen molar-refractivity contribution < 1.29 is 81.8 Å². The largest absolute Gasteiger partial charge is 0.497 e. The Morgan fingerprint density at radius 1 is 0.491 bits per heavy atom. The van der Waals surface area contributed by atoms with E-state index in [1.165, 1.54) is 26.9 Å². The predicted octanol–water partition coefficient (Wildman–Crippen LogP) is 8.74. The molecule has 3 amide bonds. The maximum Gasteiger partial charge on any atom is 0.328 e. The summed E-state index contributed by atoms with van der Waals surface area (Å²) in [5.41, 5.74) is 17.2. The molecule has 0 unspecified atom stereocenters. The molecule has 15 N–H and O–H groups in total. The van der Waals surface area contributed by atoms with Crippen LogP contribution in [0.15, 0.2) is 123 Å². The maximum atomic E-state index is 13.0. The van der Waals surface area contributed by atoms with Gasteiger partial charge in [-0.3, -0.25) is 43.2 Å². The average Bonchev–Trinajstić information content (AvgIpc) is 1.67. The Kier molecular flexibility index (Phi) is 38.4. The van der Waals surface area contributed by atoms with Gasteiger partial charge < -0.3 is 91.2 Å². The number of aromatic nitrogens is 10. The van der Waals surface area contributed by atoms with E-state index in [1.807, 2.05) is 96.1 Å². The second-order valence-electron chi connectivity index (χ2n) is 27.2. The van der Waals surface area contributed by atoms with Crippen LogP contribution in [0, 0.1) is 41.4 Å². The van der Waals surface area contributed by atoms with E-state index in [1.54, 1.807) is 83.9 Å². The van der Waals surface area contributed by atoms with Gasteiger partial charge in [-0.25, -0.2) is 24.7 Å². The number of imidazole rings is 4. The average molecular weight is 1550 g/mol. The fraction of sp³-hybridized carbons (Fsp3) is 0.429. The number of ether oxygens (including phenoxy) is 5. The molecule has 0 fully saturated rings. The quantitative estimate of drug-likeness (QED) is 0.0128. The molecule has 0 bridgehead atoms. The van der Waals surface area contributed by atoms with Crippen molar-refractivity contribution in [2.75, 3.05) is 47.4 Å². The summed E-state index contributed by atoms with van der Waals surface area (Å²) in [6, 6.07) is 19.4. The number of nitrogens with two attached hydrogens (primary N) is 2. The molecule has 3 aromatic carbocycles. The van der Waals surface area contributed by atoms with E-state index >= 15 is 0 Å². The number of benzene rings is 3. The van der Waals surface area contributed by atoms with Crippen molar-refractivity contribution in [1.82, 2.24) is 60.5 Å². The minimum absolute atomic E-state index is 0. The molecule has 0 saturated carbocycles. The third-order valence-electron chi connectivity index (χ3n) is 17.0. The first-order valence-corrected chi connectivity index (χ1v) is 35.4. The lowest BCUT2D eigenvalue weighted by molar-refractivity contribution is -0.146. The van der Waals surface area contributed by atoms with Gasteiger partial charge in [0.25, 0.3) is 0 Å². The molecule has 0 spiro atoms. The van der Waals surface area contributed by atoms with Gasteiger partial charge in [0.05, 0.1) is 90.6 Å². The molecule has 6 heterocycles. The minimum atomic E-state index is -0.921. The summed E-state index contributed by atoms with van der Waals surface area (Å²) in [6.45, 7) is 13.6. The molecule has 9 rings (SSSR count). The molecule has 0 radical (unpaired) electrons. The lowest BCUT2D eigenvalue weighted by Crippen LogP contribution is -2.48. The number of hydrogen-bond acceptors (Lipinski definition) is 21. The number of fused-ring (bicyclic) bond motifs is 2. The monoisotopic (exact) mass is 1550 g/mol. The summed E-state index contributed by atoms with van der Waals surface area (Å²) >= 11 is 0. The zero-order chi connectivity index (χ0) is 80.3. The molecule has 0 aliphatic rings. The highest BCUT2D eigenvalue weighted by atomic mass is 35.5. The van der Waals surface area contributed by atoms with Gasteiger partial charge in [0, 0.05) is 138 Å². The Balaban J connectivity index is 0.000000306. The molecular formula is C77H104ClN15O17. The number of hydrogen-bond donors (Lipinski definition) is 13. The number of amides is 3. The van der Waals surface area contributed by atoms with Crippen LogP contribution in [0.2, 0.25) is 0 Å². The summed E-state index contributed by atoms with van der Waals surface area (Å²) < 4.78 is 25.1. The number of aliphatic carboxylic acids is 2. The van der Waals surface area contributed by atoms with Crippen molar-refractivity contribution in [2.24, 2.45) is 52.9 Å². The van der Waals surface area contributed by atoms with Gasteiger partial charge in [-0.2, -0.15) is 0 Å². The third-order valence-corrected chi connectivity index (χ3v) is 17.0. The Morgan fingerprint density at radius 2 is 0.909 bits per heavy atom. The molecule has 0 aliphatic carbocycles. The van der Waals surface area contributed by atoms with E-state index in [-0.39, 0.29) is 104 Å². The van der Waals surface area contributed by atoms with Gasteiger partial charge in [-0.05, 0) is 85.5 Å². The number of Topliss-reactive ketones (excluding diaryl/α,β-unsaturated/α-hetero) is 3. The van der Waals surface area contributed by atoms with Gasteiger partial charge >= 0.3 is 23.9 Å². The number of halogens is 1. The highest BCUT2D eigenvalue weighted by molar-refractivity contribution is 6.03. The van der Waals surface area contributed by atoms with Crippen LogP contribution in [0.1, 0.15) is 131 Å². The van der Waals surface area contributed by atoms with Crippen molar-refractivity contribution in [1.29, 1.82) is 0 Å². The minimum Gasteiger partial charge on any atom is -0.497 e. The highest BCUT2D eigenvalue weighted by Crippen LogP contribution is 2.30. The van der Waals surface area contributed by atoms with Gasteiger partial charge in [-0.15, -0.1) is 12.4 Å². The molecule has 9 aromatic rings. The number of carboxylic acids is 2. The van der Waals surface area contributed by atoms with Crippen LogP contribution in [-0.2, 0) is 73.5 Å². The summed E-state index contributed by atoms with van der Waals surface area (Å²) in [6.07, 6.45) is 15.4. The summed E-state index contributed by atoms with van der Waals surface area (Å²) in [5, 5.41) is 28.0. The molecule has 596 valence electrons.